The lowest BCUT2D eigenvalue weighted by Crippen LogP contribution is -2.20. The Kier molecular flexibility index (Phi) is 3.98. The number of hydrogen-bond acceptors (Lipinski definition) is 4. The van der Waals surface area contributed by atoms with Crippen molar-refractivity contribution in [3.63, 3.8) is 0 Å². The maximum absolute atomic E-state index is 8.16. The Morgan fingerprint density at radius 2 is 2.13 bits per heavy atom. The number of rotatable bonds is 4. The number of nitrogens with zero attached hydrogens (tertiary/aromatic N) is 1. The third kappa shape index (κ3) is 3.01. The van der Waals surface area contributed by atoms with Crippen molar-refractivity contribution in [1.82, 2.24) is 5.32 Å². The van der Waals surface area contributed by atoms with Crippen molar-refractivity contribution in [2.75, 3.05) is 4.90 Å². The largest absolute Gasteiger partial charge is 0.340 e. The number of hydrogen-bond donors (Lipinski definition) is 3. The minimum Gasteiger partial charge on any atom is -0.340 e. The molecule has 116 valence electrons. The lowest BCUT2D eigenvalue weighted by atomic mass is 10.0. The average Bonchev–Trinajstić information content (AvgIpc) is 2.67. The van der Waals surface area contributed by atoms with Crippen molar-refractivity contribution in [2.45, 2.75) is 19.8 Å². The van der Waals surface area contributed by atoms with Crippen LogP contribution in [-0.2, 0) is 0 Å². The van der Waals surface area contributed by atoms with Gasteiger partial charge in [0.1, 0.15) is 5.82 Å². The van der Waals surface area contributed by atoms with Gasteiger partial charge in [-0.1, -0.05) is 36.9 Å². The minimum atomic E-state index is 0.377. The highest BCUT2D eigenvalue weighted by atomic mass is 15.3. The molecule has 0 radical (unpaired) electrons. The van der Waals surface area contributed by atoms with Crippen molar-refractivity contribution in [3.05, 3.63) is 77.9 Å². The molecule has 0 aromatic heterocycles. The first kappa shape index (κ1) is 15.0. The van der Waals surface area contributed by atoms with Crippen molar-refractivity contribution in [3.8, 4) is 0 Å². The van der Waals surface area contributed by atoms with Crippen molar-refractivity contribution in [2.24, 2.45) is 0 Å². The van der Waals surface area contributed by atoms with Gasteiger partial charge in [0.25, 0.3) is 0 Å². The monoisotopic (exact) mass is 304 g/mol. The average molecular weight is 304 g/mol. The van der Waals surface area contributed by atoms with E-state index >= 15 is 0 Å². The SMILES string of the molecule is C=C1NC2=C(CC=CC=C2)N1c1cccc(C(=N)CC(C)=N)c1. The van der Waals surface area contributed by atoms with Crippen LogP contribution in [0.15, 0.2) is 72.4 Å². The summed E-state index contributed by atoms with van der Waals surface area (Å²) in [6.07, 6.45) is 9.44. The van der Waals surface area contributed by atoms with Crippen LogP contribution in [0.3, 0.4) is 0 Å². The summed E-state index contributed by atoms with van der Waals surface area (Å²) in [4.78, 5) is 2.10. The van der Waals surface area contributed by atoms with E-state index in [4.69, 9.17) is 10.8 Å². The molecule has 1 aliphatic heterocycles. The summed E-state index contributed by atoms with van der Waals surface area (Å²) in [5.41, 5.74) is 5.02. The van der Waals surface area contributed by atoms with Gasteiger partial charge < -0.3 is 16.1 Å². The van der Waals surface area contributed by atoms with Crippen molar-refractivity contribution >= 4 is 17.1 Å². The Balaban J connectivity index is 1.95. The smallest absolute Gasteiger partial charge is 0.107 e. The van der Waals surface area contributed by atoms with Gasteiger partial charge in [0, 0.05) is 30.0 Å². The molecule has 0 saturated carbocycles. The molecule has 3 N–H and O–H groups in total. The standard InChI is InChI=1S/C19H20N4/c1-13(20)11-17(21)15-7-6-8-16(12-15)23-14(2)22-18-9-4-3-5-10-19(18)23/h3-9,12,20-22H,2,10-11H2,1H3. The van der Waals surface area contributed by atoms with Crippen LogP contribution in [0.25, 0.3) is 0 Å². The molecule has 1 heterocycles. The van der Waals surface area contributed by atoms with Crippen LogP contribution in [0.2, 0.25) is 0 Å². The molecule has 1 aromatic rings. The number of allylic oxidation sites excluding steroid dienone is 4. The molecular formula is C19H20N4. The summed E-state index contributed by atoms with van der Waals surface area (Å²) in [5.74, 6) is 0.821. The maximum atomic E-state index is 8.16. The van der Waals surface area contributed by atoms with E-state index in [0.29, 0.717) is 17.8 Å². The fraction of sp³-hybridized carbons (Fsp3) is 0.158. The molecule has 0 atom stereocenters. The summed E-state index contributed by atoms with van der Waals surface area (Å²) in [7, 11) is 0. The van der Waals surface area contributed by atoms with Gasteiger partial charge in [-0.15, -0.1) is 0 Å². The van der Waals surface area contributed by atoms with E-state index in [9.17, 15) is 0 Å². The zero-order valence-corrected chi connectivity index (χ0v) is 13.2. The van der Waals surface area contributed by atoms with Crippen molar-refractivity contribution in [1.29, 1.82) is 10.8 Å². The third-order valence-corrected chi connectivity index (χ3v) is 3.85. The molecule has 4 heteroatoms. The number of nitrogens with one attached hydrogen (secondary N) is 3. The van der Waals surface area contributed by atoms with E-state index in [1.165, 1.54) is 0 Å². The van der Waals surface area contributed by atoms with Gasteiger partial charge >= 0.3 is 0 Å². The van der Waals surface area contributed by atoms with Gasteiger partial charge in [0.15, 0.2) is 0 Å². The summed E-state index contributed by atoms with van der Waals surface area (Å²) in [5, 5.41) is 19.1. The zero-order chi connectivity index (χ0) is 16.4. The van der Waals surface area contributed by atoms with Crippen LogP contribution < -0.4 is 10.2 Å². The Morgan fingerprint density at radius 1 is 1.30 bits per heavy atom. The molecule has 0 spiro atoms. The predicted octanol–water partition coefficient (Wildman–Crippen LogP) is 4.09. The maximum Gasteiger partial charge on any atom is 0.107 e. The van der Waals surface area contributed by atoms with Crippen LogP contribution in [0, 0.1) is 10.8 Å². The van der Waals surface area contributed by atoms with Gasteiger partial charge in [0.2, 0.25) is 0 Å². The Labute approximate surface area is 136 Å². The first-order chi connectivity index (χ1) is 11.1. The Morgan fingerprint density at radius 3 is 2.91 bits per heavy atom. The van der Waals surface area contributed by atoms with E-state index in [0.717, 1.165) is 34.9 Å². The van der Waals surface area contributed by atoms with E-state index in [-0.39, 0.29) is 0 Å². The first-order valence-corrected chi connectivity index (χ1v) is 7.60. The first-order valence-electron chi connectivity index (χ1n) is 7.60. The number of benzene rings is 1. The molecular weight excluding hydrogens is 284 g/mol. The topological polar surface area (TPSA) is 63.0 Å². The quantitative estimate of drug-likeness (QED) is 0.734. The number of anilines is 1. The lowest BCUT2D eigenvalue weighted by molar-refractivity contribution is 1.01. The van der Waals surface area contributed by atoms with Gasteiger partial charge in [-0.25, -0.2) is 0 Å². The summed E-state index contributed by atoms with van der Waals surface area (Å²) in [6, 6.07) is 7.89. The molecule has 3 rings (SSSR count). The molecule has 1 aliphatic carbocycles. The van der Waals surface area contributed by atoms with E-state index in [1.807, 2.05) is 42.5 Å². The van der Waals surface area contributed by atoms with Crippen LogP contribution in [0.1, 0.15) is 25.3 Å². The van der Waals surface area contributed by atoms with E-state index < -0.39 is 0 Å². The Hall–Kier alpha value is -2.88. The van der Waals surface area contributed by atoms with Crippen LogP contribution in [-0.4, -0.2) is 11.4 Å². The third-order valence-electron chi connectivity index (χ3n) is 3.85. The predicted molar refractivity (Wildman–Crippen MR) is 96.0 cm³/mol. The normalized spacial score (nSPS) is 16.2. The molecule has 1 aromatic carbocycles. The molecule has 4 nitrogen and oxygen atoms in total. The van der Waals surface area contributed by atoms with E-state index in [2.05, 4.69) is 22.9 Å². The second kappa shape index (κ2) is 6.08. The van der Waals surface area contributed by atoms with Crippen LogP contribution in [0.4, 0.5) is 5.69 Å². The summed E-state index contributed by atoms with van der Waals surface area (Å²) in [6.45, 7) is 5.85. The van der Waals surface area contributed by atoms with Gasteiger partial charge in [-0.3, -0.25) is 4.90 Å². The molecule has 2 aliphatic rings. The van der Waals surface area contributed by atoms with Gasteiger partial charge in [-0.05, 0) is 30.7 Å². The van der Waals surface area contributed by atoms with Crippen LogP contribution in [0.5, 0.6) is 0 Å². The lowest BCUT2D eigenvalue weighted by Gasteiger charge is -2.22. The second-order valence-electron chi connectivity index (χ2n) is 5.74. The molecule has 0 amide bonds. The fourth-order valence-corrected chi connectivity index (χ4v) is 2.83. The van der Waals surface area contributed by atoms with Crippen LogP contribution >= 0.6 is 0 Å². The Bertz CT molecular complexity index is 780. The highest BCUT2D eigenvalue weighted by Gasteiger charge is 2.25. The molecule has 0 fully saturated rings. The van der Waals surface area contributed by atoms with Crippen molar-refractivity contribution < 1.29 is 0 Å². The zero-order valence-electron chi connectivity index (χ0n) is 13.2. The highest BCUT2D eigenvalue weighted by molar-refractivity contribution is 6.09. The second-order valence-corrected chi connectivity index (χ2v) is 5.74. The molecule has 0 unspecified atom stereocenters. The van der Waals surface area contributed by atoms with Gasteiger partial charge in [-0.2, -0.15) is 0 Å². The highest BCUT2D eigenvalue weighted by Crippen LogP contribution is 2.33. The minimum absolute atomic E-state index is 0.377. The summed E-state index contributed by atoms with van der Waals surface area (Å²) < 4.78 is 0. The summed E-state index contributed by atoms with van der Waals surface area (Å²) >= 11 is 0. The molecule has 0 bridgehead atoms. The fourth-order valence-electron chi connectivity index (χ4n) is 2.83. The molecule has 23 heavy (non-hydrogen) atoms. The molecule has 0 saturated heterocycles. The van der Waals surface area contributed by atoms with Gasteiger partial charge in [0.05, 0.1) is 11.4 Å². The van der Waals surface area contributed by atoms with E-state index in [1.54, 1.807) is 6.92 Å².